The molecule has 0 saturated heterocycles. The van der Waals surface area contributed by atoms with E-state index in [4.69, 9.17) is 0 Å². The Balaban J connectivity index is 1.71. The fourth-order valence-electron chi connectivity index (χ4n) is 2.64. The van der Waals surface area contributed by atoms with Crippen molar-refractivity contribution in [1.82, 2.24) is 4.98 Å². The second-order valence-electron chi connectivity index (χ2n) is 6.00. The number of rotatable bonds is 6. The van der Waals surface area contributed by atoms with E-state index in [1.165, 1.54) is 17.3 Å². The average molecular weight is 347 g/mol. The molecule has 1 unspecified atom stereocenters. The number of aromatic nitrogens is 1. The molecule has 1 atom stereocenters. The van der Waals surface area contributed by atoms with Crippen LogP contribution in [0.15, 0.2) is 73.1 Å². The lowest BCUT2D eigenvalue weighted by Crippen LogP contribution is -2.21. The Labute approximate surface area is 152 Å². The quantitative estimate of drug-likeness (QED) is 0.636. The highest BCUT2D eigenvalue weighted by molar-refractivity contribution is 5.97. The molecule has 0 aliphatic carbocycles. The predicted octanol–water partition coefficient (Wildman–Crippen LogP) is 3.67. The van der Waals surface area contributed by atoms with Crippen molar-refractivity contribution >= 4 is 17.3 Å². The Kier molecular flexibility index (Phi) is 5.61. The topological polar surface area (TPSA) is 74.2 Å². The number of hydrogen-bond donors (Lipinski definition) is 3. The Morgan fingerprint density at radius 3 is 2.50 bits per heavy atom. The van der Waals surface area contributed by atoms with Crippen LogP contribution in [-0.2, 0) is 11.3 Å². The van der Waals surface area contributed by atoms with Gasteiger partial charge in [-0.1, -0.05) is 42.5 Å². The zero-order valence-corrected chi connectivity index (χ0v) is 14.5. The molecule has 3 N–H and O–H groups in total. The van der Waals surface area contributed by atoms with Gasteiger partial charge in [-0.15, -0.1) is 0 Å². The lowest BCUT2D eigenvalue weighted by molar-refractivity contribution is -0.124. The van der Waals surface area contributed by atoms with Crippen LogP contribution in [0.5, 0.6) is 0 Å². The second kappa shape index (κ2) is 8.27. The minimum Gasteiger partial charge on any atom is -0.379 e. The summed E-state index contributed by atoms with van der Waals surface area (Å²) >= 11 is 0. The summed E-state index contributed by atoms with van der Waals surface area (Å²) in [6, 6.07) is 18.9. The minimum atomic E-state index is -1.27. The van der Waals surface area contributed by atoms with Gasteiger partial charge in [0.15, 0.2) is 6.10 Å². The molecule has 132 valence electrons. The van der Waals surface area contributed by atoms with E-state index in [9.17, 15) is 9.90 Å². The van der Waals surface area contributed by atoms with Crippen LogP contribution in [-0.4, -0.2) is 16.0 Å². The van der Waals surface area contributed by atoms with E-state index in [2.05, 4.69) is 34.7 Å². The number of aliphatic hydroxyl groups excluding tert-OH is 1. The van der Waals surface area contributed by atoms with Crippen molar-refractivity contribution in [3.63, 3.8) is 0 Å². The van der Waals surface area contributed by atoms with E-state index in [0.29, 0.717) is 17.8 Å². The van der Waals surface area contributed by atoms with Crippen LogP contribution < -0.4 is 10.6 Å². The Morgan fingerprint density at radius 2 is 1.77 bits per heavy atom. The molecule has 26 heavy (non-hydrogen) atoms. The molecule has 0 radical (unpaired) electrons. The summed E-state index contributed by atoms with van der Waals surface area (Å²) < 4.78 is 0. The summed E-state index contributed by atoms with van der Waals surface area (Å²) in [4.78, 5) is 16.3. The number of aliphatic hydroxyl groups is 1. The zero-order chi connectivity index (χ0) is 18.4. The van der Waals surface area contributed by atoms with Crippen molar-refractivity contribution in [3.8, 4) is 0 Å². The normalized spacial score (nSPS) is 11.6. The third-order valence-electron chi connectivity index (χ3n) is 4.16. The average Bonchev–Trinajstić information content (AvgIpc) is 2.68. The van der Waals surface area contributed by atoms with Gasteiger partial charge in [-0.25, -0.2) is 0 Å². The van der Waals surface area contributed by atoms with E-state index in [-0.39, 0.29) is 0 Å². The fourth-order valence-corrected chi connectivity index (χ4v) is 2.64. The number of anilines is 2. The maximum Gasteiger partial charge on any atom is 0.257 e. The standard InChI is InChI=1S/C21H21N3O2/c1-15-7-2-3-8-16(15)14-23-18-10-4-5-11-19(18)24-21(26)20(25)17-9-6-12-22-13-17/h2-13,20,23,25H,14H2,1H3,(H,24,26). The molecule has 1 amide bonds. The molecule has 0 spiro atoms. The highest BCUT2D eigenvalue weighted by atomic mass is 16.3. The molecule has 0 aliphatic heterocycles. The smallest absolute Gasteiger partial charge is 0.257 e. The number of nitrogens with one attached hydrogen (secondary N) is 2. The van der Waals surface area contributed by atoms with Crippen molar-refractivity contribution in [1.29, 1.82) is 0 Å². The summed E-state index contributed by atoms with van der Waals surface area (Å²) in [5.41, 5.74) is 4.25. The predicted molar refractivity (Wildman–Crippen MR) is 103 cm³/mol. The summed E-state index contributed by atoms with van der Waals surface area (Å²) in [6.45, 7) is 2.71. The van der Waals surface area contributed by atoms with Gasteiger partial charge in [0.25, 0.3) is 5.91 Å². The molecule has 5 heteroatoms. The van der Waals surface area contributed by atoms with Gasteiger partial charge in [-0.3, -0.25) is 9.78 Å². The number of hydrogen-bond acceptors (Lipinski definition) is 4. The van der Waals surface area contributed by atoms with Crippen LogP contribution >= 0.6 is 0 Å². The maximum absolute atomic E-state index is 12.4. The SMILES string of the molecule is Cc1ccccc1CNc1ccccc1NC(=O)C(O)c1cccnc1. The molecule has 0 aliphatic rings. The third kappa shape index (κ3) is 4.26. The molecule has 0 bridgehead atoms. The number of pyridine rings is 1. The van der Waals surface area contributed by atoms with Gasteiger partial charge < -0.3 is 15.7 Å². The molecule has 1 aromatic heterocycles. The van der Waals surface area contributed by atoms with Crippen molar-refractivity contribution < 1.29 is 9.90 Å². The first-order valence-corrected chi connectivity index (χ1v) is 8.41. The number of nitrogens with zero attached hydrogens (tertiary/aromatic N) is 1. The van der Waals surface area contributed by atoms with Crippen LogP contribution in [0.2, 0.25) is 0 Å². The largest absolute Gasteiger partial charge is 0.379 e. The summed E-state index contributed by atoms with van der Waals surface area (Å²) in [5, 5.41) is 16.3. The monoisotopic (exact) mass is 347 g/mol. The van der Waals surface area contributed by atoms with E-state index in [1.807, 2.05) is 30.3 Å². The Morgan fingerprint density at radius 1 is 1.04 bits per heavy atom. The van der Waals surface area contributed by atoms with Crippen LogP contribution in [0.1, 0.15) is 22.8 Å². The van der Waals surface area contributed by atoms with E-state index in [0.717, 1.165) is 5.69 Å². The highest BCUT2D eigenvalue weighted by Crippen LogP contribution is 2.24. The molecular weight excluding hydrogens is 326 g/mol. The summed E-state index contributed by atoms with van der Waals surface area (Å²) in [5.74, 6) is -0.497. The third-order valence-corrected chi connectivity index (χ3v) is 4.16. The van der Waals surface area contributed by atoms with Gasteiger partial charge in [-0.2, -0.15) is 0 Å². The first-order valence-electron chi connectivity index (χ1n) is 8.41. The van der Waals surface area contributed by atoms with E-state index < -0.39 is 12.0 Å². The number of carbonyl (C=O) groups is 1. The number of aryl methyl sites for hydroxylation is 1. The van der Waals surface area contributed by atoms with Crippen molar-refractivity contribution in [2.75, 3.05) is 10.6 Å². The molecule has 1 heterocycles. The van der Waals surface area contributed by atoms with Crippen LogP contribution in [0, 0.1) is 6.92 Å². The first kappa shape index (κ1) is 17.6. The lowest BCUT2D eigenvalue weighted by atomic mass is 10.1. The molecule has 0 saturated carbocycles. The van der Waals surface area contributed by atoms with Gasteiger partial charge in [-0.05, 0) is 36.2 Å². The number of carbonyl (C=O) groups excluding carboxylic acids is 1. The maximum atomic E-state index is 12.4. The van der Waals surface area contributed by atoms with Crippen LogP contribution in [0.3, 0.4) is 0 Å². The lowest BCUT2D eigenvalue weighted by Gasteiger charge is -2.16. The fraction of sp³-hybridized carbons (Fsp3) is 0.143. The summed E-state index contributed by atoms with van der Waals surface area (Å²) in [6.07, 6.45) is 1.80. The van der Waals surface area contributed by atoms with Crippen molar-refractivity contribution in [3.05, 3.63) is 89.7 Å². The molecule has 3 aromatic rings. The van der Waals surface area contributed by atoms with Gasteiger partial charge in [0.05, 0.1) is 11.4 Å². The van der Waals surface area contributed by atoms with Crippen molar-refractivity contribution in [2.24, 2.45) is 0 Å². The molecule has 3 rings (SSSR count). The minimum absolute atomic E-state index is 0.454. The van der Waals surface area contributed by atoms with E-state index in [1.54, 1.807) is 24.4 Å². The Hall–Kier alpha value is -3.18. The van der Waals surface area contributed by atoms with Crippen molar-refractivity contribution in [2.45, 2.75) is 19.6 Å². The zero-order valence-electron chi connectivity index (χ0n) is 14.5. The number of benzene rings is 2. The molecule has 5 nitrogen and oxygen atoms in total. The summed E-state index contributed by atoms with van der Waals surface area (Å²) in [7, 11) is 0. The number of amides is 1. The van der Waals surface area contributed by atoms with Gasteiger partial charge in [0.2, 0.25) is 0 Å². The Bertz CT molecular complexity index is 881. The first-order chi connectivity index (χ1) is 12.6. The van der Waals surface area contributed by atoms with Crippen LogP contribution in [0.25, 0.3) is 0 Å². The molecule has 2 aromatic carbocycles. The number of para-hydroxylation sites is 2. The second-order valence-corrected chi connectivity index (χ2v) is 6.00. The highest BCUT2D eigenvalue weighted by Gasteiger charge is 2.18. The molecule has 0 fully saturated rings. The van der Waals surface area contributed by atoms with E-state index >= 15 is 0 Å². The van der Waals surface area contributed by atoms with Gasteiger partial charge in [0, 0.05) is 24.5 Å². The van der Waals surface area contributed by atoms with Gasteiger partial charge in [0.1, 0.15) is 0 Å². The van der Waals surface area contributed by atoms with Gasteiger partial charge >= 0.3 is 0 Å². The van der Waals surface area contributed by atoms with Crippen LogP contribution in [0.4, 0.5) is 11.4 Å². The molecular formula is C21H21N3O2.